The first-order chi connectivity index (χ1) is 11.9. The number of amides is 1. The van der Waals surface area contributed by atoms with Crippen molar-refractivity contribution in [1.82, 2.24) is 5.32 Å². The molecule has 0 spiro atoms. The molecule has 134 valence electrons. The van der Waals surface area contributed by atoms with Crippen LogP contribution in [0.2, 0.25) is 0 Å². The summed E-state index contributed by atoms with van der Waals surface area (Å²) >= 11 is 0. The predicted octanol–water partition coefficient (Wildman–Crippen LogP) is 5.07. The van der Waals surface area contributed by atoms with Gasteiger partial charge in [0.2, 0.25) is 0 Å². The Morgan fingerprint density at radius 2 is 1.76 bits per heavy atom. The van der Waals surface area contributed by atoms with Crippen molar-refractivity contribution in [3.05, 3.63) is 64.7 Å². The first kappa shape index (κ1) is 19.0. The Labute approximate surface area is 151 Å². The zero-order valence-electron chi connectivity index (χ0n) is 15.9. The lowest BCUT2D eigenvalue weighted by molar-refractivity contribution is -0.123. The molecule has 2 aromatic rings. The van der Waals surface area contributed by atoms with Crippen LogP contribution in [0.5, 0.6) is 5.75 Å². The molecule has 0 aliphatic carbocycles. The van der Waals surface area contributed by atoms with E-state index >= 15 is 0 Å². The van der Waals surface area contributed by atoms with Crippen LogP contribution in [0.15, 0.2) is 42.5 Å². The highest BCUT2D eigenvalue weighted by atomic mass is 16.5. The molecule has 1 atom stereocenters. The Balaban J connectivity index is 1.93. The van der Waals surface area contributed by atoms with Crippen LogP contribution >= 0.6 is 0 Å². The van der Waals surface area contributed by atoms with Crippen molar-refractivity contribution >= 4 is 5.91 Å². The van der Waals surface area contributed by atoms with E-state index in [1.54, 1.807) is 0 Å². The maximum atomic E-state index is 12.3. The summed E-state index contributed by atoms with van der Waals surface area (Å²) < 4.78 is 5.62. The number of nitrogens with one attached hydrogen (secondary N) is 1. The third-order valence-corrected chi connectivity index (χ3v) is 4.46. The number of ether oxygens (including phenoxy) is 1. The predicted molar refractivity (Wildman–Crippen MR) is 103 cm³/mol. The minimum absolute atomic E-state index is 0.0139. The summed E-state index contributed by atoms with van der Waals surface area (Å²) in [6.45, 7) is 10.6. The Hall–Kier alpha value is -2.29. The monoisotopic (exact) mass is 339 g/mol. The average molecular weight is 339 g/mol. The molecular formula is C22H29NO2. The molecular weight excluding hydrogens is 310 g/mol. The Bertz CT molecular complexity index is 704. The standard InChI is InChI=1S/C22H29NO2/c1-6-21(20-12-7-16(4)13-17(20)5)23-22(24)14-25-19-10-8-18(9-11-19)15(2)3/h7-13,15,21H,6,14H2,1-5H3,(H,23,24)/t21-/m0/s1. The molecule has 0 heterocycles. The van der Waals surface area contributed by atoms with E-state index in [0.717, 1.165) is 12.2 Å². The van der Waals surface area contributed by atoms with Gasteiger partial charge >= 0.3 is 0 Å². The first-order valence-electron chi connectivity index (χ1n) is 9.00. The number of carbonyl (C=O) groups excluding carboxylic acids is 1. The molecule has 0 unspecified atom stereocenters. The smallest absolute Gasteiger partial charge is 0.258 e. The second kappa shape index (κ2) is 8.70. The highest BCUT2D eigenvalue weighted by Crippen LogP contribution is 2.22. The van der Waals surface area contributed by atoms with Crippen LogP contribution in [0.1, 0.15) is 61.4 Å². The number of hydrogen-bond acceptors (Lipinski definition) is 2. The van der Waals surface area contributed by atoms with Crippen LogP contribution in [0.25, 0.3) is 0 Å². The van der Waals surface area contributed by atoms with E-state index in [2.05, 4.69) is 58.1 Å². The lowest BCUT2D eigenvalue weighted by atomic mass is 9.97. The number of rotatable bonds is 7. The van der Waals surface area contributed by atoms with Crippen molar-refractivity contribution in [1.29, 1.82) is 0 Å². The van der Waals surface area contributed by atoms with Gasteiger partial charge in [0.15, 0.2) is 6.61 Å². The van der Waals surface area contributed by atoms with Gasteiger partial charge < -0.3 is 10.1 Å². The van der Waals surface area contributed by atoms with E-state index in [1.165, 1.54) is 22.3 Å². The van der Waals surface area contributed by atoms with Crippen molar-refractivity contribution in [2.75, 3.05) is 6.61 Å². The molecule has 0 radical (unpaired) electrons. The number of carbonyl (C=O) groups is 1. The maximum Gasteiger partial charge on any atom is 0.258 e. The van der Waals surface area contributed by atoms with Crippen LogP contribution in [0.3, 0.4) is 0 Å². The normalized spacial score (nSPS) is 12.1. The third kappa shape index (κ3) is 5.35. The zero-order chi connectivity index (χ0) is 18.4. The minimum atomic E-state index is -0.0974. The van der Waals surface area contributed by atoms with Crippen LogP contribution in [-0.2, 0) is 4.79 Å². The fourth-order valence-corrected chi connectivity index (χ4v) is 2.95. The first-order valence-corrected chi connectivity index (χ1v) is 9.00. The largest absolute Gasteiger partial charge is 0.484 e. The van der Waals surface area contributed by atoms with E-state index in [0.29, 0.717) is 5.92 Å². The summed E-state index contributed by atoms with van der Waals surface area (Å²) in [4.78, 5) is 12.3. The molecule has 2 rings (SSSR count). The van der Waals surface area contributed by atoms with Crippen LogP contribution < -0.4 is 10.1 Å². The highest BCUT2D eigenvalue weighted by molar-refractivity contribution is 5.78. The molecule has 2 aromatic carbocycles. The van der Waals surface area contributed by atoms with Gasteiger partial charge in [-0.15, -0.1) is 0 Å². The molecule has 25 heavy (non-hydrogen) atoms. The summed E-state index contributed by atoms with van der Waals surface area (Å²) in [5.74, 6) is 1.11. The van der Waals surface area contributed by atoms with Crippen molar-refractivity contribution in [3.8, 4) is 5.75 Å². The van der Waals surface area contributed by atoms with E-state index < -0.39 is 0 Å². The van der Waals surface area contributed by atoms with Gasteiger partial charge in [0.05, 0.1) is 6.04 Å². The van der Waals surface area contributed by atoms with Gasteiger partial charge in [0.25, 0.3) is 5.91 Å². The van der Waals surface area contributed by atoms with Crippen LogP contribution in [0, 0.1) is 13.8 Å². The van der Waals surface area contributed by atoms with Gasteiger partial charge in [-0.3, -0.25) is 4.79 Å². The summed E-state index contributed by atoms with van der Waals surface area (Å²) in [5.41, 5.74) is 4.87. The van der Waals surface area contributed by atoms with Crippen molar-refractivity contribution in [2.45, 2.75) is 53.0 Å². The molecule has 0 fully saturated rings. The van der Waals surface area contributed by atoms with Gasteiger partial charge in [0, 0.05) is 0 Å². The second-order valence-electron chi connectivity index (χ2n) is 6.90. The van der Waals surface area contributed by atoms with E-state index in [4.69, 9.17) is 4.74 Å². The van der Waals surface area contributed by atoms with Crippen molar-refractivity contribution in [3.63, 3.8) is 0 Å². The molecule has 0 aliphatic heterocycles. The molecule has 0 saturated heterocycles. The summed E-state index contributed by atoms with van der Waals surface area (Å²) in [6, 6.07) is 14.3. The lowest BCUT2D eigenvalue weighted by Gasteiger charge is -2.20. The molecule has 0 aromatic heterocycles. The zero-order valence-corrected chi connectivity index (χ0v) is 15.9. The number of aryl methyl sites for hydroxylation is 2. The van der Waals surface area contributed by atoms with E-state index in [9.17, 15) is 4.79 Å². The second-order valence-corrected chi connectivity index (χ2v) is 6.90. The van der Waals surface area contributed by atoms with Gasteiger partial charge in [0.1, 0.15) is 5.75 Å². The molecule has 1 N–H and O–H groups in total. The number of benzene rings is 2. The maximum absolute atomic E-state index is 12.3. The Morgan fingerprint density at radius 3 is 2.32 bits per heavy atom. The third-order valence-electron chi connectivity index (χ3n) is 4.46. The SMILES string of the molecule is CC[C@H](NC(=O)COc1ccc(C(C)C)cc1)c1ccc(C)cc1C. The summed E-state index contributed by atoms with van der Waals surface area (Å²) in [6.07, 6.45) is 0.846. The number of hydrogen-bond donors (Lipinski definition) is 1. The molecule has 0 saturated carbocycles. The molecule has 3 nitrogen and oxygen atoms in total. The van der Waals surface area contributed by atoms with Gasteiger partial charge in [-0.25, -0.2) is 0 Å². The van der Waals surface area contributed by atoms with E-state index in [1.807, 2.05) is 24.3 Å². The summed E-state index contributed by atoms with van der Waals surface area (Å²) in [5, 5.41) is 3.08. The highest BCUT2D eigenvalue weighted by Gasteiger charge is 2.15. The van der Waals surface area contributed by atoms with Crippen LogP contribution in [-0.4, -0.2) is 12.5 Å². The molecule has 0 aliphatic rings. The van der Waals surface area contributed by atoms with E-state index in [-0.39, 0.29) is 18.6 Å². The van der Waals surface area contributed by atoms with Gasteiger partial charge in [-0.2, -0.15) is 0 Å². The minimum Gasteiger partial charge on any atom is -0.484 e. The average Bonchev–Trinajstić information content (AvgIpc) is 2.58. The Morgan fingerprint density at radius 1 is 1.08 bits per heavy atom. The Kier molecular flexibility index (Phi) is 6.63. The molecule has 0 bridgehead atoms. The fraction of sp³-hybridized carbons (Fsp3) is 0.409. The molecule has 1 amide bonds. The van der Waals surface area contributed by atoms with Crippen molar-refractivity contribution in [2.24, 2.45) is 0 Å². The lowest BCUT2D eigenvalue weighted by Crippen LogP contribution is -2.32. The summed E-state index contributed by atoms with van der Waals surface area (Å²) in [7, 11) is 0. The molecule has 3 heteroatoms. The topological polar surface area (TPSA) is 38.3 Å². The van der Waals surface area contributed by atoms with Gasteiger partial charge in [-0.1, -0.05) is 56.7 Å². The van der Waals surface area contributed by atoms with Gasteiger partial charge in [-0.05, 0) is 55.0 Å². The quantitative estimate of drug-likeness (QED) is 0.764. The van der Waals surface area contributed by atoms with Crippen molar-refractivity contribution < 1.29 is 9.53 Å². The fourth-order valence-electron chi connectivity index (χ4n) is 2.95. The van der Waals surface area contributed by atoms with Crippen LogP contribution in [0.4, 0.5) is 0 Å².